The van der Waals surface area contributed by atoms with Gasteiger partial charge in [0.25, 0.3) is 5.91 Å². The molecule has 1 heterocycles. The van der Waals surface area contributed by atoms with Gasteiger partial charge in [0, 0.05) is 10.9 Å². The minimum absolute atomic E-state index is 0.106. The monoisotopic (exact) mass is 396 g/mol. The second kappa shape index (κ2) is 6.56. The first-order valence-corrected chi connectivity index (χ1v) is 9.55. The molecule has 0 N–H and O–H groups in total. The summed E-state index contributed by atoms with van der Waals surface area (Å²) in [7, 11) is 0. The highest BCUT2D eigenvalue weighted by atomic mass is 79.9. The van der Waals surface area contributed by atoms with Crippen molar-refractivity contribution in [3.63, 3.8) is 0 Å². The van der Waals surface area contributed by atoms with Crippen molar-refractivity contribution in [3.8, 4) is 0 Å². The van der Waals surface area contributed by atoms with Crippen LogP contribution < -0.4 is 4.90 Å². The molecule has 3 nitrogen and oxygen atoms in total. The number of carbonyl (C=O) groups is 1. The van der Waals surface area contributed by atoms with Crippen LogP contribution in [0.4, 0.5) is 5.69 Å². The van der Waals surface area contributed by atoms with Crippen molar-refractivity contribution in [3.05, 3.63) is 27.2 Å². The summed E-state index contributed by atoms with van der Waals surface area (Å²) in [4.78, 5) is 20.0. The molecule has 1 saturated carbocycles. The predicted molar refractivity (Wildman–Crippen MR) is 99.5 cm³/mol. The van der Waals surface area contributed by atoms with Gasteiger partial charge in [0.1, 0.15) is 11.4 Å². The summed E-state index contributed by atoms with van der Waals surface area (Å²) in [6.07, 6.45) is 6.80. The molecule has 0 unspecified atom stereocenters. The molecule has 0 bridgehead atoms. The van der Waals surface area contributed by atoms with Crippen molar-refractivity contribution in [2.75, 3.05) is 4.90 Å². The van der Waals surface area contributed by atoms with Crippen LogP contribution in [-0.4, -0.2) is 17.3 Å². The number of rotatable bonds is 4. The first-order chi connectivity index (χ1) is 11.0. The molecule has 0 atom stereocenters. The van der Waals surface area contributed by atoms with Crippen LogP contribution in [0.3, 0.4) is 0 Å². The quantitative estimate of drug-likeness (QED) is 0.645. The number of aryl methyl sites for hydroxylation is 1. The maximum Gasteiger partial charge on any atom is 0.260 e. The lowest BCUT2D eigenvalue weighted by molar-refractivity contribution is -0.121. The molecule has 5 heteroatoms. The SMILES string of the molecule is CCCCC1=NC2(CCCC2)C(=O)N1c1c(Br)ccc(C)c1Cl. The van der Waals surface area contributed by atoms with E-state index in [1.807, 2.05) is 19.1 Å². The second-order valence-corrected chi connectivity index (χ2v) is 7.77. The largest absolute Gasteiger partial charge is 0.271 e. The lowest BCUT2D eigenvalue weighted by atomic mass is 9.98. The number of benzene rings is 1. The summed E-state index contributed by atoms with van der Waals surface area (Å²) in [5.41, 5.74) is 1.20. The van der Waals surface area contributed by atoms with E-state index in [2.05, 4.69) is 22.9 Å². The zero-order valence-electron chi connectivity index (χ0n) is 13.7. The Hall–Kier alpha value is -0.870. The average molecular weight is 398 g/mol. The van der Waals surface area contributed by atoms with Crippen LogP contribution >= 0.6 is 27.5 Å². The highest BCUT2D eigenvalue weighted by molar-refractivity contribution is 9.10. The number of unbranched alkanes of at least 4 members (excludes halogenated alkanes) is 1. The number of halogens is 2. The molecule has 1 aromatic rings. The highest BCUT2D eigenvalue weighted by Gasteiger charge is 2.50. The number of aliphatic imine (C=N–C) groups is 1. The van der Waals surface area contributed by atoms with E-state index in [-0.39, 0.29) is 5.91 Å². The Morgan fingerprint density at radius 3 is 2.70 bits per heavy atom. The predicted octanol–water partition coefficient (Wildman–Crippen LogP) is 5.66. The van der Waals surface area contributed by atoms with E-state index in [0.717, 1.165) is 66.5 Å². The Bertz CT molecular complexity index is 665. The normalized spacial score (nSPS) is 19.7. The van der Waals surface area contributed by atoms with Gasteiger partial charge >= 0.3 is 0 Å². The summed E-state index contributed by atoms with van der Waals surface area (Å²) >= 11 is 10.1. The van der Waals surface area contributed by atoms with Gasteiger partial charge in [0.05, 0.1) is 10.7 Å². The van der Waals surface area contributed by atoms with Gasteiger partial charge in [0.15, 0.2) is 0 Å². The number of amidine groups is 1. The first-order valence-electron chi connectivity index (χ1n) is 8.38. The molecule has 1 aromatic carbocycles. The van der Waals surface area contributed by atoms with Crippen molar-refractivity contribution in [1.29, 1.82) is 0 Å². The lowest BCUT2D eigenvalue weighted by Crippen LogP contribution is -2.41. The van der Waals surface area contributed by atoms with Crippen LogP contribution in [-0.2, 0) is 4.79 Å². The van der Waals surface area contributed by atoms with Crippen molar-refractivity contribution in [2.45, 2.75) is 64.3 Å². The van der Waals surface area contributed by atoms with Crippen molar-refractivity contribution in [1.82, 2.24) is 0 Å². The molecule has 0 aromatic heterocycles. The first kappa shape index (κ1) is 17.0. The average Bonchev–Trinajstić information content (AvgIpc) is 3.10. The van der Waals surface area contributed by atoms with Gasteiger partial charge in [-0.25, -0.2) is 0 Å². The van der Waals surface area contributed by atoms with Crippen LogP contribution in [0, 0.1) is 6.92 Å². The summed E-state index contributed by atoms with van der Waals surface area (Å²) in [5, 5.41) is 0.631. The number of anilines is 1. The van der Waals surface area contributed by atoms with E-state index >= 15 is 0 Å². The summed E-state index contributed by atoms with van der Waals surface area (Å²) < 4.78 is 0.848. The van der Waals surface area contributed by atoms with Crippen LogP contribution in [0.25, 0.3) is 0 Å². The topological polar surface area (TPSA) is 32.7 Å². The third kappa shape index (κ3) is 2.85. The maximum atomic E-state index is 13.3. The van der Waals surface area contributed by atoms with Crippen molar-refractivity contribution >= 4 is 45.0 Å². The van der Waals surface area contributed by atoms with Gasteiger partial charge in [-0.2, -0.15) is 0 Å². The van der Waals surface area contributed by atoms with Crippen LogP contribution in [0.15, 0.2) is 21.6 Å². The summed E-state index contributed by atoms with van der Waals surface area (Å²) in [5.74, 6) is 0.987. The highest BCUT2D eigenvalue weighted by Crippen LogP contribution is 2.45. The van der Waals surface area contributed by atoms with E-state index in [0.29, 0.717) is 5.02 Å². The minimum Gasteiger partial charge on any atom is -0.271 e. The second-order valence-electron chi connectivity index (χ2n) is 6.54. The molecule has 23 heavy (non-hydrogen) atoms. The van der Waals surface area contributed by atoms with E-state index < -0.39 is 5.54 Å². The molecule has 0 radical (unpaired) electrons. The Kier molecular flexibility index (Phi) is 4.84. The van der Waals surface area contributed by atoms with Crippen molar-refractivity contribution in [2.24, 2.45) is 4.99 Å². The molecule has 0 saturated heterocycles. The molecule has 3 rings (SSSR count). The minimum atomic E-state index is -0.532. The Morgan fingerprint density at radius 1 is 1.35 bits per heavy atom. The lowest BCUT2D eigenvalue weighted by Gasteiger charge is -2.25. The molecular formula is C18H22BrClN2O. The third-order valence-electron chi connectivity index (χ3n) is 4.87. The molecule has 1 fully saturated rings. The van der Waals surface area contributed by atoms with Crippen molar-refractivity contribution < 1.29 is 4.79 Å². The standard InChI is InChI=1S/C18H22BrClN2O/c1-3-4-7-14-21-18(10-5-6-11-18)17(23)22(14)16-13(19)9-8-12(2)15(16)20/h8-9H,3-7,10-11H2,1-2H3. The fourth-order valence-electron chi connectivity index (χ4n) is 3.54. The van der Waals surface area contributed by atoms with Gasteiger partial charge in [0.2, 0.25) is 0 Å². The molecule has 1 aliphatic heterocycles. The molecule has 2 aliphatic rings. The van der Waals surface area contributed by atoms with E-state index in [1.54, 1.807) is 4.90 Å². The number of hydrogen-bond donors (Lipinski definition) is 0. The maximum absolute atomic E-state index is 13.3. The fourth-order valence-corrected chi connectivity index (χ4v) is 4.41. The molecular weight excluding hydrogens is 376 g/mol. The third-order valence-corrected chi connectivity index (χ3v) is 5.99. The fraction of sp³-hybridized carbons (Fsp3) is 0.556. The number of amides is 1. The number of hydrogen-bond acceptors (Lipinski definition) is 2. The molecule has 1 spiro atoms. The van der Waals surface area contributed by atoms with Crippen LogP contribution in [0.1, 0.15) is 57.4 Å². The van der Waals surface area contributed by atoms with E-state index in [1.165, 1.54) is 0 Å². The zero-order valence-corrected chi connectivity index (χ0v) is 16.0. The van der Waals surface area contributed by atoms with E-state index in [4.69, 9.17) is 16.6 Å². The molecule has 1 aliphatic carbocycles. The van der Waals surface area contributed by atoms with Gasteiger partial charge in [-0.15, -0.1) is 0 Å². The molecule has 124 valence electrons. The summed E-state index contributed by atoms with van der Waals surface area (Å²) in [6, 6.07) is 3.92. The molecule has 1 amide bonds. The summed E-state index contributed by atoms with van der Waals surface area (Å²) in [6.45, 7) is 4.12. The smallest absolute Gasteiger partial charge is 0.260 e. The zero-order chi connectivity index (χ0) is 16.6. The number of nitrogens with zero attached hydrogens (tertiary/aromatic N) is 2. The van der Waals surface area contributed by atoms with E-state index in [9.17, 15) is 4.79 Å². The Balaban J connectivity index is 2.08. The Morgan fingerprint density at radius 2 is 2.04 bits per heavy atom. The number of carbonyl (C=O) groups excluding carboxylic acids is 1. The van der Waals surface area contributed by atoms with Crippen LogP contribution in [0.2, 0.25) is 5.02 Å². The van der Waals surface area contributed by atoms with Gasteiger partial charge < -0.3 is 0 Å². The Labute approximate surface area is 151 Å². The van der Waals surface area contributed by atoms with Gasteiger partial charge in [-0.05, 0) is 53.7 Å². The van der Waals surface area contributed by atoms with Gasteiger partial charge in [-0.1, -0.05) is 43.9 Å². The van der Waals surface area contributed by atoms with Gasteiger partial charge in [-0.3, -0.25) is 14.7 Å². The van der Waals surface area contributed by atoms with Crippen LogP contribution in [0.5, 0.6) is 0 Å².